The van der Waals surface area contributed by atoms with Gasteiger partial charge < -0.3 is 15.4 Å². The van der Waals surface area contributed by atoms with Crippen LogP contribution in [0, 0.1) is 0 Å². The predicted molar refractivity (Wildman–Crippen MR) is 82.5 cm³/mol. The van der Waals surface area contributed by atoms with Gasteiger partial charge >= 0.3 is 0 Å². The van der Waals surface area contributed by atoms with Crippen LogP contribution < -0.4 is 15.4 Å². The molecule has 2 N–H and O–H groups in total. The third-order valence-corrected chi connectivity index (χ3v) is 2.93. The van der Waals surface area contributed by atoms with Crippen molar-refractivity contribution in [2.75, 3.05) is 24.6 Å². The maximum Gasteiger partial charge on any atom is 0.215 e. The molecular formula is C16H21N3O. The smallest absolute Gasteiger partial charge is 0.215 e. The van der Waals surface area contributed by atoms with E-state index in [0.717, 1.165) is 24.5 Å². The van der Waals surface area contributed by atoms with Crippen LogP contribution in [0.2, 0.25) is 0 Å². The normalized spacial score (nSPS) is 10.3. The van der Waals surface area contributed by atoms with Gasteiger partial charge in [-0.15, -0.1) is 0 Å². The van der Waals surface area contributed by atoms with E-state index in [-0.39, 0.29) is 0 Å². The second kappa shape index (κ2) is 7.50. The van der Waals surface area contributed by atoms with Gasteiger partial charge in [-0.3, -0.25) is 0 Å². The highest BCUT2D eigenvalue weighted by Gasteiger charge is 2.10. The van der Waals surface area contributed by atoms with E-state index in [2.05, 4.69) is 22.0 Å². The van der Waals surface area contributed by atoms with E-state index >= 15 is 0 Å². The van der Waals surface area contributed by atoms with Crippen molar-refractivity contribution in [1.29, 1.82) is 0 Å². The van der Waals surface area contributed by atoms with Crippen molar-refractivity contribution < 1.29 is 4.74 Å². The Bertz CT molecular complexity index is 516. The SMILES string of the molecule is CCOc1cccc(N(CCCN)c2ccccc2)n1. The number of nitrogens with zero attached hydrogens (tertiary/aromatic N) is 2. The first kappa shape index (κ1) is 14.3. The maximum atomic E-state index is 5.64. The Morgan fingerprint density at radius 2 is 1.90 bits per heavy atom. The largest absolute Gasteiger partial charge is 0.478 e. The van der Waals surface area contributed by atoms with Crippen LogP contribution >= 0.6 is 0 Å². The standard InChI is InChI=1S/C16H21N3O/c1-2-20-16-11-6-10-15(18-16)19(13-7-12-17)14-8-4-3-5-9-14/h3-6,8-11H,2,7,12-13,17H2,1H3. The van der Waals surface area contributed by atoms with Crippen LogP contribution in [0.1, 0.15) is 13.3 Å². The molecule has 0 bridgehead atoms. The fraction of sp³-hybridized carbons (Fsp3) is 0.312. The van der Waals surface area contributed by atoms with Gasteiger partial charge in [-0.1, -0.05) is 24.3 Å². The summed E-state index contributed by atoms with van der Waals surface area (Å²) in [6.07, 6.45) is 0.912. The molecule has 0 saturated carbocycles. The third kappa shape index (κ3) is 3.71. The molecule has 4 nitrogen and oxygen atoms in total. The average Bonchev–Trinajstić information content (AvgIpc) is 2.50. The van der Waals surface area contributed by atoms with Crippen LogP contribution in [0.25, 0.3) is 0 Å². The van der Waals surface area contributed by atoms with E-state index < -0.39 is 0 Å². The molecule has 0 aliphatic rings. The van der Waals surface area contributed by atoms with E-state index in [1.165, 1.54) is 0 Å². The van der Waals surface area contributed by atoms with Gasteiger partial charge in [0.25, 0.3) is 0 Å². The molecule has 1 heterocycles. The third-order valence-electron chi connectivity index (χ3n) is 2.93. The van der Waals surface area contributed by atoms with Gasteiger partial charge in [0.2, 0.25) is 5.88 Å². The van der Waals surface area contributed by atoms with E-state index in [0.29, 0.717) is 19.0 Å². The summed E-state index contributed by atoms with van der Waals surface area (Å²) in [6, 6.07) is 16.0. The Morgan fingerprint density at radius 1 is 1.10 bits per heavy atom. The molecule has 1 aromatic carbocycles. The lowest BCUT2D eigenvalue weighted by Crippen LogP contribution is -2.22. The molecule has 0 atom stereocenters. The highest BCUT2D eigenvalue weighted by molar-refractivity contribution is 5.60. The van der Waals surface area contributed by atoms with Gasteiger partial charge in [-0.25, -0.2) is 0 Å². The molecule has 106 valence electrons. The van der Waals surface area contributed by atoms with Crippen molar-refractivity contribution in [3.8, 4) is 5.88 Å². The van der Waals surface area contributed by atoms with Gasteiger partial charge in [-0.05, 0) is 38.1 Å². The lowest BCUT2D eigenvalue weighted by molar-refractivity contribution is 0.327. The van der Waals surface area contributed by atoms with Crippen LogP contribution in [0.5, 0.6) is 5.88 Å². The number of hydrogen-bond donors (Lipinski definition) is 1. The maximum absolute atomic E-state index is 5.64. The molecule has 2 aromatic rings. The van der Waals surface area contributed by atoms with Gasteiger partial charge in [-0.2, -0.15) is 4.98 Å². The summed E-state index contributed by atoms with van der Waals surface area (Å²) in [5, 5.41) is 0. The van der Waals surface area contributed by atoms with Crippen molar-refractivity contribution in [2.24, 2.45) is 5.73 Å². The average molecular weight is 271 g/mol. The Morgan fingerprint density at radius 3 is 2.60 bits per heavy atom. The van der Waals surface area contributed by atoms with Gasteiger partial charge in [0.15, 0.2) is 0 Å². The van der Waals surface area contributed by atoms with E-state index in [4.69, 9.17) is 10.5 Å². The van der Waals surface area contributed by atoms with Crippen molar-refractivity contribution in [1.82, 2.24) is 4.98 Å². The summed E-state index contributed by atoms with van der Waals surface area (Å²) in [4.78, 5) is 6.72. The first-order valence-electron chi connectivity index (χ1n) is 6.97. The van der Waals surface area contributed by atoms with Crippen LogP contribution in [0.3, 0.4) is 0 Å². The molecule has 0 fully saturated rings. The Hall–Kier alpha value is -2.07. The van der Waals surface area contributed by atoms with Crippen molar-refractivity contribution >= 4 is 11.5 Å². The lowest BCUT2D eigenvalue weighted by Gasteiger charge is -2.24. The molecule has 0 spiro atoms. The summed E-state index contributed by atoms with van der Waals surface area (Å²) in [5.74, 6) is 1.54. The highest BCUT2D eigenvalue weighted by Crippen LogP contribution is 2.25. The molecule has 0 amide bonds. The zero-order valence-electron chi connectivity index (χ0n) is 11.8. The summed E-state index contributed by atoms with van der Waals surface area (Å²) in [5.41, 5.74) is 6.75. The van der Waals surface area contributed by atoms with Crippen LogP contribution in [-0.4, -0.2) is 24.7 Å². The van der Waals surface area contributed by atoms with Crippen molar-refractivity contribution in [3.05, 3.63) is 48.5 Å². The molecule has 0 saturated heterocycles. The number of anilines is 2. The molecule has 20 heavy (non-hydrogen) atoms. The zero-order valence-corrected chi connectivity index (χ0v) is 11.8. The first-order chi connectivity index (χ1) is 9.85. The summed E-state index contributed by atoms with van der Waals surface area (Å²) in [7, 11) is 0. The Balaban J connectivity index is 2.28. The quantitative estimate of drug-likeness (QED) is 0.841. The molecule has 4 heteroatoms. The second-order valence-electron chi connectivity index (χ2n) is 4.40. The summed E-state index contributed by atoms with van der Waals surface area (Å²) in [6.45, 7) is 4.07. The number of benzene rings is 1. The van der Waals surface area contributed by atoms with E-state index in [1.54, 1.807) is 0 Å². The minimum Gasteiger partial charge on any atom is -0.478 e. The number of para-hydroxylation sites is 1. The Labute approximate surface area is 120 Å². The topological polar surface area (TPSA) is 51.4 Å². The Kier molecular flexibility index (Phi) is 5.38. The molecule has 0 aliphatic heterocycles. The predicted octanol–water partition coefficient (Wildman–Crippen LogP) is 2.97. The van der Waals surface area contributed by atoms with Crippen molar-refractivity contribution in [3.63, 3.8) is 0 Å². The fourth-order valence-corrected chi connectivity index (χ4v) is 2.02. The van der Waals surface area contributed by atoms with Crippen molar-refractivity contribution in [2.45, 2.75) is 13.3 Å². The number of rotatable bonds is 7. The monoisotopic (exact) mass is 271 g/mol. The minimum absolute atomic E-state index is 0.616. The molecule has 1 aromatic heterocycles. The molecular weight excluding hydrogens is 250 g/mol. The number of aromatic nitrogens is 1. The summed E-state index contributed by atoms with van der Waals surface area (Å²) < 4.78 is 5.47. The lowest BCUT2D eigenvalue weighted by atomic mass is 10.2. The number of ether oxygens (including phenoxy) is 1. The molecule has 0 aliphatic carbocycles. The van der Waals surface area contributed by atoms with Crippen LogP contribution in [-0.2, 0) is 0 Å². The molecule has 0 unspecified atom stereocenters. The van der Waals surface area contributed by atoms with E-state index in [1.807, 2.05) is 43.3 Å². The second-order valence-corrected chi connectivity index (χ2v) is 4.40. The summed E-state index contributed by atoms with van der Waals surface area (Å²) >= 11 is 0. The van der Waals surface area contributed by atoms with Gasteiger partial charge in [0.05, 0.1) is 6.61 Å². The number of hydrogen-bond acceptors (Lipinski definition) is 4. The zero-order chi connectivity index (χ0) is 14.2. The van der Waals surface area contributed by atoms with E-state index in [9.17, 15) is 0 Å². The fourth-order valence-electron chi connectivity index (χ4n) is 2.02. The molecule has 2 rings (SSSR count). The number of nitrogens with two attached hydrogens (primary N) is 1. The highest BCUT2D eigenvalue weighted by atomic mass is 16.5. The number of pyridine rings is 1. The molecule has 0 radical (unpaired) electrons. The first-order valence-corrected chi connectivity index (χ1v) is 6.97. The van der Waals surface area contributed by atoms with Gasteiger partial charge in [0, 0.05) is 18.3 Å². The minimum atomic E-state index is 0.616. The van der Waals surface area contributed by atoms with Crippen LogP contribution in [0.15, 0.2) is 48.5 Å². The van der Waals surface area contributed by atoms with Crippen LogP contribution in [0.4, 0.5) is 11.5 Å². The van der Waals surface area contributed by atoms with Gasteiger partial charge in [0.1, 0.15) is 5.82 Å².